The fourth-order valence-electron chi connectivity index (χ4n) is 1.45. The molecule has 1 fully saturated rings. The van der Waals surface area contributed by atoms with Gasteiger partial charge in [-0.1, -0.05) is 11.6 Å². The highest BCUT2D eigenvalue weighted by Crippen LogP contribution is 2.31. The molecule has 76 valence electrons. The van der Waals surface area contributed by atoms with Crippen LogP contribution in [0.25, 0.3) is 10.9 Å². The standard InChI is InChI=1S/C11H9ClN2O/c12-9-4-6-13-10-8(9)3-5-14-11(10)15-7-1-2-7/h3-7H,1-2H2. The normalized spacial score (nSPS) is 15.5. The van der Waals surface area contributed by atoms with Crippen molar-refractivity contribution in [2.45, 2.75) is 18.9 Å². The molecule has 2 aromatic heterocycles. The molecule has 2 aromatic rings. The number of fused-ring (bicyclic) bond motifs is 1. The Kier molecular flexibility index (Phi) is 1.99. The molecular weight excluding hydrogens is 212 g/mol. The van der Waals surface area contributed by atoms with Crippen molar-refractivity contribution in [2.75, 3.05) is 0 Å². The van der Waals surface area contributed by atoms with E-state index in [4.69, 9.17) is 16.3 Å². The van der Waals surface area contributed by atoms with Gasteiger partial charge < -0.3 is 4.74 Å². The molecule has 0 N–H and O–H groups in total. The molecule has 1 saturated carbocycles. The summed E-state index contributed by atoms with van der Waals surface area (Å²) in [6, 6.07) is 3.62. The Morgan fingerprint density at radius 1 is 1.20 bits per heavy atom. The number of ether oxygens (including phenoxy) is 1. The lowest BCUT2D eigenvalue weighted by Crippen LogP contribution is -1.99. The van der Waals surface area contributed by atoms with Crippen molar-refractivity contribution < 1.29 is 4.74 Å². The summed E-state index contributed by atoms with van der Waals surface area (Å²) in [4.78, 5) is 8.44. The highest BCUT2D eigenvalue weighted by Gasteiger charge is 2.25. The van der Waals surface area contributed by atoms with Crippen LogP contribution in [0, 0.1) is 0 Å². The van der Waals surface area contributed by atoms with Gasteiger partial charge in [-0.3, -0.25) is 4.98 Å². The smallest absolute Gasteiger partial charge is 0.240 e. The van der Waals surface area contributed by atoms with E-state index in [0.717, 1.165) is 23.7 Å². The Balaban J connectivity index is 2.16. The summed E-state index contributed by atoms with van der Waals surface area (Å²) >= 11 is 6.06. The van der Waals surface area contributed by atoms with Crippen LogP contribution < -0.4 is 4.74 Å². The van der Waals surface area contributed by atoms with E-state index in [1.165, 1.54) is 0 Å². The maximum absolute atomic E-state index is 6.06. The van der Waals surface area contributed by atoms with Crippen LogP contribution in [-0.2, 0) is 0 Å². The molecule has 1 aliphatic rings. The van der Waals surface area contributed by atoms with Crippen molar-refractivity contribution in [1.82, 2.24) is 9.97 Å². The lowest BCUT2D eigenvalue weighted by molar-refractivity contribution is 0.294. The fraction of sp³-hybridized carbons (Fsp3) is 0.273. The van der Waals surface area contributed by atoms with Crippen LogP contribution in [0.15, 0.2) is 24.5 Å². The molecule has 15 heavy (non-hydrogen) atoms. The van der Waals surface area contributed by atoms with E-state index in [2.05, 4.69) is 9.97 Å². The highest BCUT2D eigenvalue weighted by molar-refractivity contribution is 6.35. The Labute approximate surface area is 92.1 Å². The Bertz CT molecular complexity index is 511. The summed E-state index contributed by atoms with van der Waals surface area (Å²) < 4.78 is 5.66. The van der Waals surface area contributed by atoms with Gasteiger partial charge in [-0.2, -0.15) is 0 Å². The molecule has 3 nitrogen and oxygen atoms in total. The quantitative estimate of drug-likeness (QED) is 0.781. The van der Waals surface area contributed by atoms with Crippen LogP contribution in [0.2, 0.25) is 5.02 Å². The van der Waals surface area contributed by atoms with Gasteiger partial charge in [0, 0.05) is 17.8 Å². The van der Waals surface area contributed by atoms with Crippen LogP contribution in [0.1, 0.15) is 12.8 Å². The summed E-state index contributed by atoms with van der Waals surface area (Å²) in [5, 5.41) is 1.58. The molecule has 0 spiro atoms. The molecule has 0 amide bonds. The first-order valence-corrected chi connectivity index (χ1v) is 5.28. The largest absolute Gasteiger partial charge is 0.473 e. The van der Waals surface area contributed by atoms with Crippen molar-refractivity contribution in [3.8, 4) is 5.88 Å². The van der Waals surface area contributed by atoms with Gasteiger partial charge in [-0.15, -0.1) is 0 Å². The molecule has 0 atom stereocenters. The first-order chi connectivity index (χ1) is 7.34. The zero-order valence-electron chi connectivity index (χ0n) is 7.98. The second-order valence-corrected chi connectivity index (χ2v) is 4.03. The average Bonchev–Trinajstić information content (AvgIpc) is 3.04. The molecule has 3 rings (SSSR count). The minimum absolute atomic E-state index is 0.323. The van der Waals surface area contributed by atoms with Gasteiger partial charge in [0.05, 0.1) is 5.02 Å². The molecule has 0 radical (unpaired) electrons. The topological polar surface area (TPSA) is 35.0 Å². The zero-order chi connectivity index (χ0) is 10.3. The van der Waals surface area contributed by atoms with Gasteiger partial charge in [0.15, 0.2) is 0 Å². The molecule has 0 aliphatic heterocycles. The first kappa shape index (κ1) is 8.92. The number of pyridine rings is 2. The second kappa shape index (κ2) is 3.35. The van der Waals surface area contributed by atoms with Crippen LogP contribution in [0.3, 0.4) is 0 Å². The van der Waals surface area contributed by atoms with Crippen molar-refractivity contribution >= 4 is 22.5 Å². The van der Waals surface area contributed by atoms with E-state index in [1.807, 2.05) is 6.07 Å². The van der Waals surface area contributed by atoms with Crippen molar-refractivity contribution in [2.24, 2.45) is 0 Å². The summed E-state index contributed by atoms with van der Waals surface area (Å²) in [5.41, 5.74) is 0.747. The third-order valence-corrected chi connectivity index (χ3v) is 2.70. The van der Waals surface area contributed by atoms with E-state index in [9.17, 15) is 0 Å². The number of rotatable bonds is 2. The highest BCUT2D eigenvalue weighted by atomic mass is 35.5. The van der Waals surface area contributed by atoms with Crippen LogP contribution in [0.4, 0.5) is 0 Å². The van der Waals surface area contributed by atoms with Gasteiger partial charge in [0.25, 0.3) is 0 Å². The Morgan fingerprint density at radius 3 is 2.80 bits per heavy atom. The van der Waals surface area contributed by atoms with Crippen molar-refractivity contribution in [3.05, 3.63) is 29.5 Å². The van der Waals surface area contributed by atoms with Gasteiger partial charge in [0.1, 0.15) is 11.6 Å². The predicted molar refractivity (Wildman–Crippen MR) is 58.2 cm³/mol. The SMILES string of the molecule is Clc1ccnc2c(OC3CC3)nccc12. The Morgan fingerprint density at radius 2 is 2.00 bits per heavy atom. The van der Waals surface area contributed by atoms with Gasteiger partial charge in [-0.05, 0) is 25.0 Å². The van der Waals surface area contributed by atoms with Gasteiger partial charge in [0.2, 0.25) is 5.88 Å². The summed E-state index contributed by atoms with van der Waals surface area (Å²) in [5.74, 6) is 0.595. The van der Waals surface area contributed by atoms with E-state index < -0.39 is 0 Å². The predicted octanol–water partition coefficient (Wildman–Crippen LogP) is 2.82. The van der Waals surface area contributed by atoms with E-state index >= 15 is 0 Å². The number of halogens is 1. The average molecular weight is 221 g/mol. The zero-order valence-corrected chi connectivity index (χ0v) is 8.74. The third kappa shape index (κ3) is 1.63. The second-order valence-electron chi connectivity index (χ2n) is 3.62. The van der Waals surface area contributed by atoms with Gasteiger partial charge in [-0.25, -0.2) is 4.98 Å². The Hall–Kier alpha value is -1.35. The molecule has 0 unspecified atom stereocenters. The maximum Gasteiger partial charge on any atom is 0.240 e. The molecule has 1 aliphatic carbocycles. The number of hydrogen-bond acceptors (Lipinski definition) is 3. The third-order valence-electron chi connectivity index (χ3n) is 2.38. The minimum atomic E-state index is 0.323. The summed E-state index contributed by atoms with van der Waals surface area (Å²) in [6.07, 6.45) is 5.92. The number of hydrogen-bond donors (Lipinski definition) is 0. The molecule has 0 bridgehead atoms. The van der Waals surface area contributed by atoms with Crippen LogP contribution in [0.5, 0.6) is 5.88 Å². The number of aromatic nitrogens is 2. The van der Waals surface area contributed by atoms with Crippen molar-refractivity contribution in [1.29, 1.82) is 0 Å². The molecule has 4 heteroatoms. The molecule has 2 heterocycles. The van der Waals surface area contributed by atoms with Crippen molar-refractivity contribution in [3.63, 3.8) is 0 Å². The maximum atomic E-state index is 6.06. The van der Waals surface area contributed by atoms with Crippen LogP contribution >= 0.6 is 11.6 Å². The fourth-order valence-corrected chi connectivity index (χ4v) is 1.66. The van der Waals surface area contributed by atoms with E-state index in [0.29, 0.717) is 17.0 Å². The van der Waals surface area contributed by atoms with Crippen LogP contribution in [-0.4, -0.2) is 16.1 Å². The lowest BCUT2D eigenvalue weighted by atomic mass is 10.2. The minimum Gasteiger partial charge on any atom is -0.473 e. The number of nitrogens with zero attached hydrogens (tertiary/aromatic N) is 2. The summed E-state index contributed by atoms with van der Waals surface area (Å²) in [7, 11) is 0. The summed E-state index contributed by atoms with van der Waals surface area (Å²) in [6.45, 7) is 0. The van der Waals surface area contributed by atoms with E-state index in [1.54, 1.807) is 18.5 Å². The molecule has 0 aromatic carbocycles. The van der Waals surface area contributed by atoms with Gasteiger partial charge >= 0.3 is 0 Å². The van der Waals surface area contributed by atoms with E-state index in [-0.39, 0.29) is 0 Å². The first-order valence-electron chi connectivity index (χ1n) is 4.90. The lowest BCUT2D eigenvalue weighted by Gasteiger charge is -2.06. The molecule has 0 saturated heterocycles. The monoisotopic (exact) mass is 220 g/mol. The molecular formula is C11H9ClN2O.